The Balaban J connectivity index is 2.25. The summed E-state index contributed by atoms with van der Waals surface area (Å²) in [6.07, 6.45) is 0.689. The lowest BCUT2D eigenvalue weighted by Crippen LogP contribution is -2.09. The number of rotatable bonds is 6. The average Bonchev–Trinajstić information content (AvgIpc) is 2.79. The van der Waals surface area contributed by atoms with Crippen LogP contribution >= 0.6 is 0 Å². The molecule has 6 heteroatoms. The monoisotopic (exact) mass is 277 g/mol. The normalized spacial score (nSPS) is 12.3. The smallest absolute Gasteiger partial charge is 0.127 e. The number of hydrogen-bond acceptors (Lipinski definition) is 5. The summed E-state index contributed by atoms with van der Waals surface area (Å²) in [5, 5.41) is 14.5. The summed E-state index contributed by atoms with van der Waals surface area (Å²) in [6.45, 7) is 0.905. The Labute approximate surface area is 117 Å². The third kappa shape index (κ3) is 2.92. The van der Waals surface area contributed by atoms with Crippen LogP contribution in [0.15, 0.2) is 30.5 Å². The van der Waals surface area contributed by atoms with Gasteiger partial charge in [-0.05, 0) is 6.07 Å². The molecule has 20 heavy (non-hydrogen) atoms. The highest BCUT2D eigenvalue weighted by Gasteiger charge is 2.20. The molecule has 0 saturated heterocycles. The van der Waals surface area contributed by atoms with Gasteiger partial charge in [0, 0.05) is 25.3 Å². The number of benzene rings is 1. The van der Waals surface area contributed by atoms with E-state index in [2.05, 4.69) is 5.10 Å². The fraction of sp³-hybridized carbons (Fsp3) is 0.357. The standard InChI is InChI=1S/C14H19N3O3/c1-17-14(15)11(9-16-17)13(18)10-5-3-4-6-12(10)20-8-7-19-2/h3-6,9,13,18H,7-8,15H2,1-2H3. The molecule has 1 heterocycles. The third-order valence-corrected chi connectivity index (χ3v) is 3.07. The van der Waals surface area contributed by atoms with Gasteiger partial charge in [0.2, 0.25) is 0 Å². The molecule has 3 N–H and O–H groups in total. The first-order valence-electron chi connectivity index (χ1n) is 6.31. The number of anilines is 1. The van der Waals surface area contributed by atoms with Gasteiger partial charge in [0.25, 0.3) is 0 Å². The van der Waals surface area contributed by atoms with Gasteiger partial charge in [-0.2, -0.15) is 5.10 Å². The lowest BCUT2D eigenvalue weighted by molar-refractivity contribution is 0.142. The zero-order valence-electron chi connectivity index (χ0n) is 11.6. The van der Waals surface area contributed by atoms with Gasteiger partial charge in [-0.25, -0.2) is 0 Å². The predicted molar refractivity (Wildman–Crippen MR) is 75.5 cm³/mol. The highest BCUT2D eigenvalue weighted by atomic mass is 16.5. The maximum absolute atomic E-state index is 10.5. The van der Waals surface area contributed by atoms with E-state index in [0.717, 1.165) is 0 Å². The molecular formula is C14H19N3O3. The van der Waals surface area contributed by atoms with E-state index in [9.17, 15) is 5.11 Å². The van der Waals surface area contributed by atoms with Crippen molar-refractivity contribution in [1.29, 1.82) is 0 Å². The van der Waals surface area contributed by atoms with Gasteiger partial charge < -0.3 is 20.3 Å². The van der Waals surface area contributed by atoms with Crippen molar-refractivity contribution in [1.82, 2.24) is 9.78 Å². The summed E-state index contributed by atoms with van der Waals surface area (Å²) in [4.78, 5) is 0. The van der Waals surface area contributed by atoms with Crippen LogP contribution in [0.3, 0.4) is 0 Å². The van der Waals surface area contributed by atoms with Crippen LogP contribution in [0.25, 0.3) is 0 Å². The molecule has 6 nitrogen and oxygen atoms in total. The first-order valence-corrected chi connectivity index (χ1v) is 6.31. The van der Waals surface area contributed by atoms with Crippen molar-refractivity contribution in [2.75, 3.05) is 26.1 Å². The number of nitrogens with two attached hydrogens (primary N) is 1. The lowest BCUT2D eigenvalue weighted by Gasteiger charge is -2.15. The first-order chi connectivity index (χ1) is 9.65. The van der Waals surface area contributed by atoms with E-state index in [0.29, 0.717) is 35.9 Å². The number of aliphatic hydroxyl groups excluding tert-OH is 1. The molecule has 0 amide bonds. The van der Waals surface area contributed by atoms with E-state index in [1.54, 1.807) is 32.5 Å². The molecule has 1 aromatic carbocycles. The molecule has 1 unspecified atom stereocenters. The first kappa shape index (κ1) is 14.4. The summed E-state index contributed by atoms with van der Waals surface area (Å²) >= 11 is 0. The SMILES string of the molecule is COCCOc1ccccc1C(O)c1cnn(C)c1N. The maximum Gasteiger partial charge on any atom is 0.127 e. The van der Waals surface area contributed by atoms with Crippen LogP contribution in [0.4, 0.5) is 5.82 Å². The molecular weight excluding hydrogens is 258 g/mol. The second-order valence-corrected chi connectivity index (χ2v) is 4.39. The Morgan fingerprint density at radius 3 is 2.70 bits per heavy atom. The summed E-state index contributed by atoms with van der Waals surface area (Å²) in [5.74, 6) is 1.05. The number of ether oxygens (including phenoxy) is 2. The minimum Gasteiger partial charge on any atom is -0.491 e. The summed E-state index contributed by atoms with van der Waals surface area (Å²) < 4.78 is 12.1. The van der Waals surface area contributed by atoms with Crippen molar-refractivity contribution in [3.05, 3.63) is 41.6 Å². The molecule has 2 aromatic rings. The van der Waals surface area contributed by atoms with Crippen molar-refractivity contribution < 1.29 is 14.6 Å². The highest BCUT2D eigenvalue weighted by Crippen LogP contribution is 2.32. The second-order valence-electron chi connectivity index (χ2n) is 4.39. The third-order valence-electron chi connectivity index (χ3n) is 3.07. The van der Waals surface area contributed by atoms with Crippen LogP contribution in [-0.4, -0.2) is 35.2 Å². The molecule has 1 aromatic heterocycles. The van der Waals surface area contributed by atoms with Crippen LogP contribution in [0.1, 0.15) is 17.2 Å². The molecule has 108 valence electrons. The lowest BCUT2D eigenvalue weighted by atomic mass is 10.0. The van der Waals surface area contributed by atoms with E-state index in [4.69, 9.17) is 15.2 Å². The van der Waals surface area contributed by atoms with E-state index < -0.39 is 6.10 Å². The molecule has 0 radical (unpaired) electrons. The van der Waals surface area contributed by atoms with Gasteiger partial charge in [-0.1, -0.05) is 18.2 Å². The molecule has 0 aliphatic carbocycles. The number of nitrogen functional groups attached to an aromatic ring is 1. The Bertz CT molecular complexity index is 569. The Kier molecular flexibility index (Phi) is 4.60. The summed E-state index contributed by atoms with van der Waals surface area (Å²) in [5.41, 5.74) is 7.11. The number of aliphatic hydroxyl groups is 1. The van der Waals surface area contributed by atoms with Crippen LogP contribution < -0.4 is 10.5 Å². The van der Waals surface area contributed by atoms with E-state index >= 15 is 0 Å². The number of aromatic nitrogens is 2. The quantitative estimate of drug-likeness (QED) is 0.773. The van der Waals surface area contributed by atoms with Crippen molar-refractivity contribution >= 4 is 5.82 Å². The van der Waals surface area contributed by atoms with Crippen molar-refractivity contribution in [2.24, 2.45) is 7.05 Å². The van der Waals surface area contributed by atoms with Crippen LogP contribution in [0.2, 0.25) is 0 Å². The maximum atomic E-state index is 10.5. The highest BCUT2D eigenvalue weighted by molar-refractivity contribution is 5.47. The number of para-hydroxylation sites is 1. The van der Waals surface area contributed by atoms with Crippen molar-refractivity contribution in [3.63, 3.8) is 0 Å². The second kappa shape index (κ2) is 6.40. The van der Waals surface area contributed by atoms with Gasteiger partial charge in [-0.3, -0.25) is 4.68 Å². The van der Waals surface area contributed by atoms with E-state index in [1.165, 1.54) is 4.68 Å². The minimum atomic E-state index is -0.873. The molecule has 0 aliphatic rings. The molecule has 1 atom stereocenters. The van der Waals surface area contributed by atoms with Crippen LogP contribution in [0.5, 0.6) is 5.75 Å². The van der Waals surface area contributed by atoms with Gasteiger partial charge >= 0.3 is 0 Å². The van der Waals surface area contributed by atoms with Crippen LogP contribution in [-0.2, 0) is 11.8 Å². The summed E-state index contributed by atoms with van der Waals surface area (Å²) in [7, 11) is 3.34. The Morgan fingerprint density at radius 1 is 1.30 bits per heavy atom. The zero-order valence-corrected chi connectivity index (χ0v) is 11.6. The van der Waals surface area contributed by atoms with Crippen LogP contribution in [0, 0.1) is 0 Å². The van der Waals surface area contributed by atoms with Gasteiger partial charge in [0.1, 0.15) is 24.3 Å². The summed E-state index contributed by atoms with van der Waals surface area (Å²) in [6, 6.07) is 7.30. The number of nitrogens with zero attached hydrogens (tertiary/aromatic N) is 2. The van der Waals surface area contributed by atoms with E-state index in [-0.39, 0.29) is 0 Å². The Morgan fingerprint density at radius 2 is 2.05 bits per heavy atom. The van der Waals surface area contributed by atoms with Gasteiger partial charge in [-0.15, -0.1) is 0 Å². The average molecular weight is 277 g/mol. The minimum absolute atomic E-state index is 0.419. The fourth-order valence-electron chi connectivity index (χ4n) is 1.92. The molecule has 2 rings (SSSR count). The largest absolute Gasteiger partial charge is 0.491 e. The topological polar surface area (TPSA) is 82.5 Å². The van der Waals surface area contributed by atoms with Crippen molar-refractivity contribution in [2.45, 2.75) is 6.10 Å². The molecule has 0 fully saturated rings. The predicted octanol–water partition coefficient (Wildman–Crippen LogP) is 1.11. The van der Waals surface area contributed by atoms with Gasteiger partial charge in [0.15, 0.2) is 0 Å². The molecule has 0 saturated carbocycles. The Hall–Kier alpha value is -2.05. The van der Waals surface area contributed by atoms with E-state index in [1.807, 2.05) is 12.1 Å². The number of hydrogen-bond donors (Lipinski definition) is 2. The number of methoxy groups -OCH3 is 1. The molecule has 0 aliphatic heterocycles. The van der Waals surface area contributed by atoms with Crippen molar-refractivity contribution in [3.8, 4) is 5.75 Å². The van der Waals surface area contributed by atoms with Gasteiger partial charge in [0.05, 0.1) is 12.8 Å². The molecule has 0 bridgehead atoms. The number of aryl methyl sites for hydroxylation is 1. The molecule has 0 spiro atoms. The zero-order chi connectivity index (χ0) is 14.5. The fourth-order valence-corrected chi connectivity index (χ4v) is 1.92.